The number of halogens is 2. The summed E-state index contributed by atoms with van der Waals surface area (Å²) >= 11 is 12.2. The van der Waals surface area contributed by atoms with Gasteiger partial charge in [0.15, 0.2) is 0 Å². The number of nitrogens with one attached hydrogen (secondary N) is 1. The summed E-state index contributed by atoms with van der Waals surface area (Å²) in [7, 11) is 0. The highest BCUT2D eigenvalue weighted by Gasteiger charge is 2.28. The molecule has 1 aliphatic heterocycles. The van der Waals surface area contributed by atoms with Gasteiger partial charge in [0.1, 0.15) is 5.75 Å². The number of benzene rings is 1. The van der Waals surface area contributed by atoms with E-state index < -0.39 is 0 Å². The third kappa shape index (κ3) is 2.87. The maximum atomic E-state index is 6.18. The Morgan fingerprint density at radius 3 is 2.71 bits per heavy atom. The van der Waals surface area contributed by atoms with Crippen molar-refractivity contribution in [2.75, 3.05) is 0 Å². The lowest BCUT2D eigenvalue weighted by Crippen LogP contribution is -2.35. The van der Waals surface area contributed by atoms with Gasteiger partial charge in [-0.05, 0) is 19.1 Å². The SMILES string of the molecule is CC(C)NC1CC(C)Oc2c(Cl)cc(Cl)cc21. The Bertz CT molecular complexity index is 420. The summed E-state index contributed by atoms with van der Waals surface area (Å²) < 4.78 is 5.80. The fraction of sp³-hybridized carbons (Fsp3) is 0.538. The first kappa shape index (κ1) is 13.0. The van der Waals surface area contributed by atoms with Crippen LogP contribution in [-0.4, -0.2) is 12.1 Å². The second-order valence-corrected chi connectivity index (χ2v) is 5.69. The van der Waals surface area contributed by atoms with E-state index in [9.17, 15) is 0 Å². The second kappa shape index (κ2) is 5.05. The molecule has 0 aromatic heterocycles. The minimum Gasteiger partial charge on any atom is -0.489 e. The molecular weight excluding hydrogens is 257 g/mol. The maximum Gasteiger partial charge on any atom is 0.143 e. The van der Waals surface area contributed by atoms with E-state index in [0.29, 0.717) is 16.1 Å². The van der Waals surface area contributed by atoms with Crippen LogP contribution in [0.25, 0.3) is 0 Å². The number of hydrogen-bond acceptors (Lipinski definition) is 2. The third-order valence-corrected chi connectivity index (χ3v) is 3.33. The Morgan fingerprint density at radius 1 is 1.35 bits per heavy atom. The van der Waals surface area contributed by atoms with Crippen molar-refractivity contribution >= 4 is 23.2 Å². The Morgan fingerprint density at radius 2 is 2.06 bits per heavy atom. The molecule has 4 heteroatoms. The molecule has 1 aromatic rings. The summed E-state index contributed by atoms with van der Waals surface area (Å²) in [6.07, 6.45) is 1.10. The highest BCUT2D eigenvalue weighted by molar-refractivity contribution is 6.35. The first-order chi connectivity index (χ1) is 7.97. The van der Waals surface area contributed by atoms with E-state index in [2.05, 4.69) is 26.1 Å². The maximum absolute atomic E-state index is 6.18. The molecule has 1 N–H and O–H groups in total. The molecule has 2 nitrogen and oxygen atoms in total. The Hall–Kier alpha value is -0.440. The van der Waals surface area contributed by atoms with Gasteiger partial charge >= 0.3 is 0 Å². The predicted molar refractivity (Wildman–Crippen MR) is 72.2 cm³/mol. The normalized spacial score (nSPS) is 23.4. The van der Waals surface area contributed by atoms with Gasteiger partial charge in [-0.3, -0.25) is 0 Å². The van der Waals surface area contributed by atoms with Gasteiger partial charge in [-0.25, -0.2) is 0 Å². The topological polar surface area (TPSA) is 21.3 Å². The van der Waals surface area contributed by atoms with Crippen LogP contribution >= 0.6 is 23.2 Å². The van der Waals surface area contributed by atoms with Gasteiger partial charge in [-0.15, -0.1) is 0 Å². The van der Waals surface area contributed by atoms with Gasteiger partial charge in [-0.1, -0.05) is 37.0 Å². The molecule has 0 amide bonds. The molecule has 0 bridgehead atoms. The quantitative estimate of drug-likeness (QED) is 0.872. The molecule has 1 heterocycles. The summed E-state index contributed by atoms with van der Waals surface area (Å²) in [5, 5.41) is 4.77. The fourth-order valence-corrected chi connectivity index (χ4v) is 2.79. The van der Waals surface area contributed by atoms with Crippen molar-refractivity contribution < 1.29 is 4.74 Å². The molecule has 1 aliphatic rings. The number of rotatable bonds is 2. The zero-order valence-corrected chi connectivity index (χ0v) is 11.8. The lowest BCUT2D eigenvalue weighted by atomic mass is 9.96. The summed E-state index contributed by atoms with van der Waals surface area (Å²) in [6.45, 7) is 6.32. The van der Waals surface area contributed by atoms with Crippen molar-refractivity contribution in [1.29, 1.82) is 0 Å². The molecule has 0 saturated heterocycles. The van der Waals surface area contributed by atoms with Crippen LogP contribution in [-0.2, 0) is 0 Å². The third-order valence-electron chi connectivity index (χ3n) is 2.83. The molecular formula is C13H17Cl2NO. The van der Waals surface area contributed by atoms with Crippen molar-refractivity contribution in [2.45, 2.75) is 45.4 Å². The molecule has 1 aromatic carbocycles. The minimum atomic E-state index is 0.164. The first-order valence-corrected chi connectivity index (χ1v) is 6.64. The van der Waals surface area contributed by atoms with Crippen LogP contribution in [0.2, 0.25) is 10.0 Å². The molecule has 2 unspecified atom stereocenters. The van der Waals surface area contributed by atoms with E-state index in [1.807, 2.05) is 6.07 Å². The molecule has 17 heavy (non-hydrogen) atoms. The van der Waals surface area contributed by atoms with Crippen LogP contribution in [0.1, 0.15) is 38.8 Å². The first-order valence-electron chi connectivity index (χ1n) is 5.89. The minimum absolute atomic E-state index is 0.164. The highest BCUT2D eigenvalue weighted by atomic mass is 35.5. The molecule has 0 spiro atoms. The van der Waals surface area contributed by atoms with Crippen LogP contribution in [0, 0.1) is 0 Å². The monoisotopic (exact) mass is 273 g/mol. The largest absolute Gasteiger partial charge is 0.489 e. The van der Waals surface area contributed by atoms with E-state index in [0.717, 1.165) is 17.7 Å². The molecule has 0 radical (unpaired) electrons. The standard InChI is InChI=1S/C13H17Cl2NO/c1-7(2)16-12-4-8(3)17-13-10(12)5-9(14)6-11(13)15/h5-8,12,16H,4H2,1-3H3. The van der Waals surface area contributed by atoms with Gasteiger partial charge in [0.05, 0.1) is 11.1 Å². The zero-order valence-electron chi connectivity index (χ0n) is 10.3. The summed E-state index contributed by atoms with van der Waals surface area (Å²) in [6, 6.07) is 4.34. The predicted octanol–water partition coefficient (Wildman–Crippen LogP) is 4.20. The molecule has 2 rings (SSSR count). The average Bonchev–Trinajstić information content (AvgIpc) is 2.19. The van der Waals surface area contributed by atoms with Gasteiger partial charge in [-0.2, -0.15) is 0 Å². The van der Waals surface area contributed by atoms with Gasteiger partial charge in [0.2, 0.25) is 0 Å². The summed E-state index contributed by atoms with van der Waals surface area (Å²) in [4.78, 5) is 0. The van der Waals surface area contributed by atoms with Crippen molar-refractivity contribution in [3.05, 3.63) is 27.7 Å². The van der Waals surface area contributed by atoms with E-state index >= 15 is 0 Å². The Labute approximate surface area is 112 Å². The van der Waals surface area contributed by atoms with Crippen molar-refractivity contribution in [3.8, 4) is 5.75 Å². The van der Waals surface area contributed by atoms with Crippen molar-refractivity contribution in [1.82, 2.24) is 5.32 Å². The van der Waals surface area contributed by atoms with E-state index in [-0.39, 0.29) is 12.1 Å². The number of hydrogen-bond donors (Lipinski definition) is 1. The lowest BCUT2D eigenvalue weighted by molar-refractivity contribution is 0.163. The smallest absolute Gasteiger partial charge is 0.143 e. The van der Waals surface area contributed by atoms with Crippen LogP contribution < -0.4 is 10.1 Å². The highest BCUT2D eigenvalue weighted by Crippen LogP contribution is 2.41. The van der Waals surface area contributed by atoms with Crippen molar-refractivity contribution in [3.63, 3.8) is 0 Å². The van der Waals surface area contributed by atoms with E-state index in [4.69, 9.17) is 27.9 Å². The lowest BCUT2D eigenvalue weighted by Gasteiger charge is -2.33. The van der Waals surface area contributed by atoms with Gasteiger partial charge in [0.25, 0.3) is 0 Å². The fourth-order valence-electron chi connectivity index (χ4n) is 2.23. The van der Waals surface area contributed by atoms with Crippen LogP contribution in [0.15, 0.2) is 12.1 Å². The van der Waals surface area contributed by atoms with E-state index in [1.54, 1.807) is 6.07 Å². The Balaban J connectivity index is 2.41. The van der Waals surface area contributed by atoms with Crippen molar-refractivity contribution in [2.24, 2.45) is 0 Å². The molecule has 94 valence electrons. The van der Waals surface area contributed by atoms with Gasteiger partial charge < -0.3 is 10.1 Å². The van der Waals surface area contributed by atoms with E-state index in [1.165, 1.54) is 0 Å². The van der Waals surface area contributed by atoms with Gasteiger partial charge in [0, 0.05) is 29.1 Å². The van der Waals surface area contributed by atoms with Crippen LogP contribution in [0.5, 0.6) is 5.75 Å². The second-order valence-electron chi connectivity index (χ2n) is 4.84. The number of fused-ring (bicyclic) bond motifs is 1. The molecule has 0 saturated carbocycles. The Kier molecular flexibility index (Phi) is 3.86. The van der Waals surface area contributed by atoms with Crippen LogP contribution in [0.4, 0.5) is 0 Å². The number of ether oxygens (including phenoxy) is 1. The molecule has 2 atom stereocenters. The molecule has 0 fully saturated rings. The summed E-state index contributed by atoms with van der Waals surface area (Å²) in [5.41, 5.74) is 1.06. The zero-order chi connectivity index (χ0) is 12.6. The molecule has 0 aliphatic carbocycles. The average molecular weight is 274 g/mol. The summed E-state index contributed by atoms with van der Waals surface area (Å²) in [5.74, 6) is 0.771. The van der Waals surface area contributed by atoms with Crippen LogP contribution in [0.3, 0.4) is 0 Å².